The van der Waals surface area contributed by atoms with E-state index < -0.39 is 11.8 Å². The Bertz CT molecular complexity index is 364. The Morgan fingerprint density at radius 2 is 1.80 bits per heavy atom. The van der Waals surface area contributed by atoms with Crippen LogP contribution in [0.3, 0.4) is 0 Å². The minimum atomic E-state index is -0.871. The van der Waals surface area contributed by atoms with E-state index in [1.165, 1.54) is 0 Å². The van der Waals surface area contributed by atoms with Gasteiger partial charge in [-0.2, -0.15) is 0 Å². The van der Waals surface area contributed by atoms with E-state index >= 15 is 0 Å². The zero-order valence-corrected chi connectivity index (χ0v) is 8.54. The molecule has 6 heteroatoms. The Morgan fingerprint density at radius 1 is 1.20 bits per heavy atom. The summed E-state index contributed by atoms with van der Waals surface area (Å²) < 4.78 is 0. The van der Waals surface area contributed by atoms with E-state index in [0.717, 1.165) is 5.56 Å². The zero-order chi connectivity index (χ0) is 11.3. The highest BCUT2D eigenvalue weighted by Crippen LogP contribution is 2.08. The number of nitrogens with two attached hydrogens (primary N) is 1. The molecule has 0 fully saturated rings. The van der Waals surface area contributed by atoms with Crippen LogP contribution in [0.2, 0.25) is 5.02 Å². The Hall–Kier alpha value is -1.59. The van der Waals surface area contributed by atoms with E-state index in [1.54, 1.807) is 29.7 Å². The first-order valence-electron chi connectivity index (χ1n) is 4.16. The summed E-state index contributed by atoms with van der Waals surface area (Å²) >= 11 is 5.68. The van der Waals surface area contributed by atoms with Gasteiger partial charge < -0.3 is 5.32 Å². The third kappa shape index (κ3) is 3.57. The van der Waals surface area contributed by atoms with E-state index in [1.807, 2.05) is 0 Å². The summed E-state index contributed by atoms with van der Waals surface area (Å²) in [6.07, 6.45) is 0. The summed E-state index contributed by atoms with van der Waals surface area (Å²) in [6.45, 7) is 0.253. The molecule has 0 saturated heterocycles. The van der Waals surface area contributed by atoms with Crippen molar-refractivity contribution in [3.05, 3.63) is 34.9 Å². The number of hydrogen-bond donors (Lipinski definition) is 3. The highest BCUT2D eigenvalue weighted by atomic mass is 35.5. The van der Waals surface area contributed by atoms with Gasteiger partial charge in [-0.3, -0.25) is 15.0 Å². The number of nitrogens with one attached hydrogen (secondary N) is 2. The van der Waals surface area contributed by atoms with Gasteiger partial charge in [-0.15, -0.1) is 0 Å². The third-order valence-corrected chi connectivity index (χ3v) is 1.96. The highest BCUT2D eigenvalue weighted by Gasteiger charge is 2.10. The Labute approximate surface area is 91.6 Å². The van der Waals surface area contributed by atoms with Crippen LogP contribution in [-0.2, 0) is 16.1 Å². The molecule has 0 unspecified atom stereocenters. The molecule has 1 rings (SSSR count). The summed E-state index contributed by atoms with van der Waals surface area (Å²) in [5.41, 5.74) is 2.58. The lowest BCUT2D eigenvalue weighted by molar-refractivity contribution is -0.139. The van der Waals surface area contributed by atoms with Crippen molar-refractivity contribution in [3.63, 3.8) is 0 Å². The summed E-state index contributed by atoms with van der Waals surface area (Å²) in [6, 6.07) is 6.91. The van der Waals surface area contributed by atoms with E-state index in [4.69, 9.17) is 17.4 Å². The number of benzene rings is 1. The van der Waals surface area contributed by atoms with Crippen LogP contribution in [0.15, 0.2) is 24.3 Å². The number of carbonyl (C=O) groups excluding carboxylic acids is 2. The predicted octanol–water partition coefficient (Wildman–Crippen LogP) is -0.0539. The van der Waals surface area contributed by atoms with Crippen LogP contribution in [0, 0.1) is 0 Å². The quantitative estimate of drug-likeness (QED) is 0.287. The second kappa shape index (κ2) is 5.33. The Balaban J connectivity index is 2.47. The monoisotopic (exact) mass is 227 g/mol. The lowest BCUT2D eigenvalue weighted by Crippen LogP contribution is -2.42. The molecule has 0 aliphatic rings. The molecule has 0 aliphatic heterocycles. The maximum Gasteiger partial charge on any atom is 0.323 e. The molecule has 80 valence electrons. The van der Waals surface area contributed by atoms with Crippen LogP contribution in [-0.4, -0.2) is 11.8 Å². The largest absolute Gasteiger partial charge is 0.344 e. The zero-order valence-electron chi connectivity index (χ0n) is 7.79. The predicted molar refractivity (Wildman–Crippen MR) is 55.6 cm³/mol. The highest BCUT2D eigenvalue weighted by molar-refractivity contribution is 6.34. The van der Waals surface area contributed by atoms with Gasteiger partial charge in [-0.1, -0.05) is 23.7 Å². The van der Waals surface area contributed by atoms with Gasteiger partial charge >= 0.3 is 11.8 Å². The second-order valence-corrected chi connectivity index (χ2v) is 3.22. The first kappa shape index (κ1) is 11.5. The van der Waals surface area contributed by atoms with Crippen molar-refractivity contribution < 1.29 is 9.59 Å². The van der Waals surface area contributed by atoms with E-state index in [-0.39, 0.29) is 6.54 Å². The molecule has 0 atom stereocenters. The average Bonchev–Trinajstić information content (AvgIpc) is 2.26. The average molecular weight is 228 g/mol. The van der Waals surface area contributed by atoms with Crippen molar-refractivity contribution in [3.8, 4) is 0 Å². The Kier molecular flexibility index (Phi) is 4.08. The van der Waals surface area contributed by atoms with Crippen molar-refractivity contribution >= 4 is 23.4 Å². The van der Waals surface area contributed by atoms with Crippen molar-refractivity contribution in [2.45, 2.75) is 6.54 Å². The van der Waals surface area contributed by atoms with Crippen molar-refractivity contribution in [2.24, 2.45) is 5.84 Å². The molecule has 0 bridgehead atoms. The van der Waals surface area contributed by atoms with Crippen molar-refractivity contribution in [1.29, 1.82) is 0 Å². The molecule has 1 aromatic carbocycles. The van der Waals surface area contributed by atoms with Gasteiger partial charge in [0, 0.05) is 11.6 Å². The van der Waals surface area contributed by atoms with Gasteiger partial charge in [-0.05, 0) is 17.7 Å². The minimum Gasteiger partial charge on any atom is -0.344 e. The fourth-order valence-corrected chi connectivity index (χ4v) is 1.06. The van der Waals surface area contributed by atoms with Gasteiger partial charge in [0.15, 0.2) is 0 Å². The van der Waals surface area contributed by atoms with E-state index in [0.29, 0.717) is 5.02 Å². The topological polar surface area (TPSA) is 84.2 Å². The number of rotatable bonds is 2. The third-order valence-electron chi connectivity index (χ3n) is 1.70. The molecule has 0 saturated carbocycles. The molecule has 0 heterocycles. The van der Waals surface area contributed by atoms with Crippen LogP contribution in [0.4, 0.5) is 0 Å². The van der Waals surface area contributed by atoms with Gasteiger partial charge in [0.2, 0.25) is 0 Å². The molecule has 0 radical (unpaired) electrons. The molecule has 2 amide bonds. The molecule has 1 aromatic rings. The van der Waals surface area contributed by atoms with E-state index in [9.17, 15) is 9.59 Å². The van der Waals surface area contributed by atoms with Crippen molar-refractivity contribution in [2.75, 3.05) is 0 Å². The molecular weight excluding hydrogens is 218 g/mol. The van der Waals surface area contributed by atoms with Crippen molar-refractivity contribution in [1.82, 2.24) is 10.7 Å². The van der Waals surface area contributed by atoms with Crippen LogP contribution < -0.4 is 16.6 Å². The van der Waals surface area contributed by atoms with E-state index in [2.05, 4.69) is 5.32 Å². The number of carbonyl (C=O) groups is 2. The first-order valence-corrected chi connectivity index (χ1v) is 4.54. The Morgan fingerprint density at radius 3 is 2.33 bits per heavy atom. The number of hydrazine groups is 1. The number of halogens is 1. The van der Waals surface area contributed by atoms with Crippen LogP contribution in [0.1, 0.15) is 5.56 Å². The normalized spacial score (nSPS) is 9.47. The molecule has 4 N–H and O–H groups in total. The van der Waals surface area contributed by atoms with Crippen LogP contribution in [0.25, 0.3) is 0 Å². The fraction of sp³-hybridized carbons (Fsp3) is 0.111. The second-order valence-electron chi connectivity index (χ2n) is 2.78. The van der Waals surface area contributed by atoms with Gasteiger partial charge in [0.25, 0.3) is 0 Å². The summed E-state index contributed by atoms with van der Waals surface area (Å²) in [4.78, 5) is 21.7. The first-order chi connectivity index (χ1) is 7.13. The molecule has 15 heavy (non-hydrogen) atoms. The fourth-order valence-electron chi connectivity index (χ4n) is 0.930. The van der Waals surface area contributed by atoms with Crippen LogP contribution >= 0.6 is 11.6 Å². The lowest BCUT2D eigenvalue weighted by atomic mass is 10.2. The van der Waals surface area contributed by atoms with Gasteiger partial charge in [-0.25, -0.2) is 5.84 Å². The molecule has 0 aromatic heterocycles. The van der Waals surface area contributed by atoms with Gasteiger partial charge in [0.1, 0.15) is 0 Å². The summed E-state index contributed by atoms with van der Waals surface area (Å²) in [7, 11) is 0. The molecule has 0 spiro atoms. The summed E-state index contributed by atoms with van der Waals surface area (Å²) in [5.74, 6) is 3.14. The lowest BCUT2D eigenvalue weighted by Gasteiger charge is -2.03. The summed E-state index contributed by atoms with van der Waals surface area (Å²) in [5, 5.41) is 3.01. The van der Waals surface area contributed by atoms with Crippen LogP contribution in [0.5, 0.6) is 0 Å². The standard InChI is InChI=1S/C9H10ClN3O2/c10-7-3-1-6(2-4-7)5-12-8(14)9(15)13-11/h1-4H,5,11H2,(H,12,14)(H,13,15). The SMILES string of the molecule is NNC(=O)C(=O)NCc1ccc(Cl)cc1. The van der Waals surface area contributed by atoms with Gasteiger partial charge in [0.05, 0.1) is 0 Å². The molecule has 0 aliphatic carbocycles. The molecule has 5 nitrogen and oxygen atoms in total. The number of amides is 2. The number of hydrogen-bond acceptors (Lipinski definition) is 3. The minimum absolute atomic E-state index is 0.253. The smallest absolute Gasteiger partial charge is 0.323 e. The maximum absolute atomic E-state index is 11.0. The maximum atomic E-state index is 11.0. The molecular formula is C9H10ClN3O2.